The van der Waals surface area contributed by atoms with Crippen molar-refractivity contribution in [3.05, 3.63) is 179 Å². The first kappa shape index (κ1) is 33.6. The molecule has 6 aromatic rings. The van der Waals surface area contributed by atoms with Crippen molar-refractivity contribution in [2.24, 2.45) is 0 Å². The Bertz CT molecular complexity index is 1960. The highest BCUT2D eigenvalue weighted by Crippen LogP contribution is 2.43. The molecule has 0 saturated carbocycles. The summed E-state index contributed by atoms with van der Waals surface area (Å²) in [5.41, 5.74) is 13.0. The van der Waals surface area contributed by atoms with E-state index < -0.39 is 0 Å². The molecule has 0 aliphatic rings. The third-order valence-electron chi connectivity index (χ3n) is 9.56. The van der Waals surface area contributed by atoms with Gasteiger partial charge in [0.2, 0.25) is 0 Å². The van der Waals surface area contributed by atoms with Gasteiger partial charge >= 0.3 is 0 Å². The van der Waals surface area contributed by atoms with E-state index in [4.69, 9.17) is 0 Å². The molecule has 0 aromatic heterocycles. The van der Waals surface area contributed by atoms with E-state index in [1.165, 1.54) is 27.8 Å². The maximum Gasteiger partial charge on any atom is 0.0540 e. The SMILES string of the molecule is CCC(CC)c1cccc(N(c2ccc(C)cc2)c2ccc(C)cc2)c2ccccc2c(N(c2ccc(C)cc2)c2ccc(C)cc2)cc1. The Labute approximate surface area is 293 Å². The van der Waals surface area contributed by atoms with Gasteiger partial charge in [-0.25, -0.2) is 0 Å². The maximum absolute atomic E-state index is 2.42. The lowest BCUT2D eigenvalue weighted by atomic mass is 9.94. The Morgan fingerprint density at radius 3 is 1.06 bits per heavy atom. The second-order valence-electron chi connectivity index (χ2n) is 13.2. The predicted molar refractivity (Wildman–Crippen MR) is 213 cm³/mol. The van der Waals surface area contributed by atoms with Gasteiger partial charge in [0.05, 0.1) is 11.4 Å². The van der Waals surface area contributed by atoms with E-state index >= 15 is 0 Å². The van der Waals surface area contributed by atoms with Crippen molar-refractivity contribution in [1.82, 2.24) is 0 Å². The zero-order valence-corrected chi connectivity index (χ0v) is 29.8. The molecule has 0 aliphatic heterocycles. The summed E-state index contributed by atoms with van der Waals surface area (Å²) in [6, 6.07) is 56.0. The molecule has 6 aromatic carbocycles. The lowest BCUT2D eigenvalue weighted by Gasteiger charge is -2.29. The summed E-state index contributed by atoms with van der Waals surface area (Å²) in [7, 11) is 0. The average Bonchev–Trinajstić information content (AvgIpc) is 3.12. The van der Waals surface area contributed by atoms with Crippen molar-refractivity contribution in [3.63, 3.8) is 0 Å². The van der Waals surface area contributed by atoms with Crippen molar-refractivity contribution in [2.45, 2.75) is 60.3 Å². The van der Waals surface area contributed by atoms with Crippen molar-refractivity contribution >= 4 is 44.9 Å². The van der Waals surface area contributed by atoms with Crippen LogP contribution in [0.15, 0.2) is 152 Å². The zero-order valence-electron chi connectivity index (χ0n) is 29.8. The smallest absolute Gasteiger partial charge is 0.0540 e. The Morgan fingerprint density at radius 1 is 0.367 bits per heavy atom. The molecule has 2 heteroatoms. The first-order valence-corrected chi connectivity index (χ1v) is 17.6. The standard InChI is InChI=1S/C47H48N2/c1-7-38(8-2)39-12-11-15-46(48(40-25-16-34(3)17-26-40)41-27-18-35(4)19-28-41)44-13-9-10-14-45(44)47(33-24-39)49(42-29-20-36(5)21-30-42)43-31-22-37(6)23-32-43/h9-33,38H,7-8H2,1-6H3. The molecular formula is C47H48N2. The fourth-order valence-electron chi connectivity index (χ4n) is 6.64. The lowest BCUT2D eigenvalue weighted by Crippen LogP contribution is -2.12. The summed E-state index contributed by atoms with van der Waals surface area (Å²) < 4.78 is 0. The molecular weight excluding hydrogens is 593 g/mol. The number of aryl methyl sites for hydroxylation is 4. The van der Waals surface area contributed by atoms with Gasteiger partial charge in [0.25, 0.3) is 0 Å². The quantitative estimate of drug-likeness (QED) is 0.155. The second kappa shape index (κ2) is 15.3. The van der Waals surface area contributed by atoms with Gasteiger partial charge in [-0.15, -0.1) is 0 Å². The van der Waals surface area contributed by atoms with Crippen LogP contribution in [0.5, 0.6) is 0 Å². The summed E-state index contributed by atoms with van der Waals surface area (Å²) in [6.07, 6.45) is 2.17. The molecule has 6 rings (SSSR count). The first-order chi connectivity index (χ1) is 23.9. The number of nitrogens with zero attached hydrogens (tertiary/aromatic N) is 2. The monoisotopic (exact) mass is 640 g/mol. The molecule has 0 heterocycles. The predicted octanol–water partition coefficient (Wildman–Crippen LogP) is 14.0. The van der Waals surface area contributed by atoms with Gasteiger partial charge in [0.15, 0.2) is 0 Å². The highest BCUT2D eigenvalue weighted by Gasteiger charge is 2.19. The van der Waals surface area contributed by atoms with Crippen LogP contribution in [-0.2, 0) is 0 Å². The number of anilines is 6. The van der Waals surface area contributed by atoms with Crippen molar-refractivity contribution < 1.29 is 0 Å². The van der Waals surface area contributed by atoms with Crippen LogP contribution in [0.1, 0.15) is 60.4 Å². The highest BCUT2D eigenvalue weighted by molar-refractivity contribution is 6.05. The van der Waals surface area contributed by atoms with Crippen molar-refractivity contribution in [1.29, 1.82) is 0 Å². The van der Waals surface area contributed by atoms with Crippen molar-refractivity contribution in [2.75, 3.05) is 9.80 Å². The van der Waals surface area contributed by atoms with Crippen molar-refractivity contribution in [3.8, 4) is 0 Å². The van der Waals surface area contributed by atoms with E-state index in [2.05, 4.69) is 203 Å². The fourth-order valence-corrected chi connectivity index (χ4v) is 6.64. The summed E-state index contributed by atoms with van der Waals surface area (Å²) in [5.74, 6) is 0.456. The third-order valence-corrected chi connectivity index (χ3v) is 9.56. The topological polar surface area (TPSA) is 6.48 Å². The third kappa shape index (κ3) is 7.55. The first-order valence-electron chi connectivity index (χ1n) is 17.6. The second-order valence-corrected chi connectivity index (χ2v) is 13.2. The van der Waals surface area contributed by atoms with Gasteiger partial charge in [0.1, 0.15) is 0 Å². The van der Waals surface area contributed by atoms with Crippen LogP contribution in [0.25, 0.3) is 10.8 Å². The molecule has 0 bridgehead atoms. The Morgan fingerprint density at radius 2 is 0.714 bits per heavy atom. The molecule has 0 radical (unpaired) electrons. The summed E-state index contributed by atoms with van der Waals surface area (Å²) in [4.78, 5) is 4.83. The Hall–Kier alpha value is -5.34. The van der Waals surface area contributed by atoms with E-state index in [1.54, 1.807) is 0 Å². The number of rotatable bonds is 9. The van der Waals surface area contributed by atoms with Crippen LogP contribution in [0, 0.1) is 27.7 Å². The van der Waals surface area contributed by atoms with Gasteiger partial charge in [-0.2, -0.15) is 0 Å². The lowest BCUT2D eigenvalue weighted by molar-refractivity contribution is 0.642. The summed E-state index contributed by atoms with van der Waals surface area (Å²) in [5, 5.41) is 2.32. The molecule has 0 amide bonds. The molecule has 0 N–H and O–H groups in total. The fraction of sp³-hybridized carbons (Fsp3) is 0.191. The number of benzene rings is 5. The van der Waals surface area contributed by atoms with Crippen LogP contribution < -0.4 is 9.80 Å². The Balaban J connectivity index is 1.77. The normalized spacial score (nSPS) is 11.0. The number of fused-ring (bicyclic) bond motifs is 1. The number of hydrogen-bond donors (Lipinski definition) is 0. The minimum atomic E-state index is 0.456. The van der Waals surface area contributed by atoms with Crippen LogP contribution in [-0.4, -0.2) is 0 Å². The van der Waals surface area contributed by atoms with Crippen LogP contribution in [0.4, 0.5) is 34.1 Å². The van der Waals surface area contributed by atoms with E-state index in [0.717, 1.165) is 57.7 Å². The highest BCUT2D eigenvalue weighted by atomic mass is 15.2. The van der Waals surface area contributed by atoms with Gasteiger partial charge in [-0.05, 0) is 113 Å². The molecule has 0 unspecified atom stereocenters. The minimum absolute atomic E-state index is 0.456. The minimum Gasteiger partial charge on any atom is -0.310 e. The molecule has 0 aliphatic carbocycles. The van der Waals surface area contributed by atoms with E-state index in [9.17, 15) is 0 Å². The number of hydrogen-bond acceptors (Lipinski definition) is 2. The van der Waals surface area contributed by atoms with Gasteiger partial charge < -0.3 is 9.80 Å². The average molecular weight is 641 g/mol. The van der Waals surface area contributed by atoms with Gasteiger partial charge in [-0.1, -0.05) is 127 Å². The van der Waals surface area contributed by atoms with Gasteiger partial charge in [0, 0.05) is 33.5 Å². The summed E-state index contributed by atoms with van der Waals surface area (Å²) in [6.45, 7) is 13.2. The largest absolute Gasteiger partial charge is 0.310 e. The van der Waals surface area contributed by atoms with Crippen LogP contribution >= 0.6 is 0 Å². The van der Waals surface area contributed by atoms with Crippen LogP contribution in [0.3, 0.4) is 0 Å². The van der Waals surface area contributed by atoms with Gasteiger partial charge in [-0.3, -0.25) is 0 Å². The Kier molecular flexibility index (Phi) is 10.4. The molecule has 0 fully saturated rings. The maximum atomic E-state index is 2.42. The van der Waals surface area contributed by atoms with E-state index in [1.807, 2.05) is 0 Å². The molecule has 0 saturated heterocycles. The van der Waals surface area contributed by atoms with Crippen LogP contribution in [0.2, 0.25) is 0 Å². The molecule has 0 spiro atoms. The zero-order chi connectivity index (χ0) is 34.3. The molecule has 246 valence electrons. The summed E-state index contributed by atoms with van der Waals surface area (Å²) >= 11 is 0. The molecule has 0 atom stereocenters. The molecule has 2 nitrogen and oxygen atoms in total. The van der Waals surface area contributed by atoms with E-state index in [-0.39, 0.29) is 0 Å². The molecule has 49 heavy (non-hydrogen) atoms. The van der Waals surface area contributed by atoms with E-state index in [0.29, 0.717) is 5.92 Å².